The zero-order chi connectivity index (χ0) is 13.8. The fraction of sp³-hybridized carbons (Fsp3) is 0.333. The maximum absolute atomic E-state index is 11.8. The van der Waals surface area contributed by atoms with Gasteiger partial charge in [-0.15, -0.1) is 0 Å². The van der Waals surface area contributed by atoms with Crippen LogP contribution in [0.25, 0.3) is 10.9 Å². The van der Waals surface area contributed by atoms with Gasteiger partial charge in [-0.1, -0.05) is 25.1 Å². The van der Waals surface area contributed by atoms with Crippen molar-refractivity contribution in [1.82, 2.24) is 10.3 Å². The van der Waals surface area contributed by atoms with E-state index in [0.717, 1.165) is 23.0 Å². The molecule has 2 rings (SSSR count). The first kappa shape index (κ1) is 13.3. The van der Waals surface area contributed by atoms with Gasteiger partial charge in [0.1, 0.15) is 0 Å². The number of aromatic nitrogens is 1. The van der Waals surface area contributed by atoms with Gasteiger partial charge >= 0.3 is 0 Å². The molecule has 19 heavy (non-hydrogen) atoms. The second kappa shape index (κ2) is 5.69. The highest BCUT2D eigenvalue weighted by atomic mass is 16.1. The average molecular weight is 257 g/mol. The standard InChI is InChI=1S/C15H19N3O/c1-3-10(2)17-14(19)9-12-8-7-11-5-4-6-13(16)15(11)18-12/h4-8,10H,3,9,16H2,1-2H3,(H,17,19). The van der Waals surface area contributed by atoms with Crippen molar-refractivity contribution in [3.8, 4) is 0 Å². The number of hydrogen-bond donors (Lipinski definition) is 2. The number of para-hydroxylation sites is 1. The Morgan fingerprint density at radius 3 is 2.89 bits per heavy atom. The zero-order valence-electron chi connectivity index (χ0n) is 11.3. The van der Waals surface area contributed by atoms with E-state index in [0.29, 0.717) is 5.69 Å². The summed E-state index contributed by atoms with van der Waals surface area (Å²) in [5.41, 5.74) is 8.04. The molecule has 0 bridgehead atoms. The molecule has 0 saturated carbocycles. The van der Waals surface area contributed by atoms with Crippen molar-refractivity contribution < 1.29 is 4.79 Å². The van der Waals surface area contributed by atoms with Gasteiger partial charge in [0, 0.05) is 11.4 Å². The molecule has 1 aromatic heterocycles. The van der Waals surface area contributed by atoms with E-state index in [2.05, 4.69) is 10.3 Å². The van der Waals surface area contributed by atoms with Crippen molar-refractivity contribution in [3.05, 3.63) is 36.0 Å². The normalized spacial score (nSPS) is 12.3. The third kappa shape index (κ3) is 3.22. The first-order valence-electron chi connectivity index (χ1n) is 6.53. The fourth-order valence-electron chi connectivity index (χ4n) is 1.90. The highest BCUT2D eigenvalue weighted by molar-refractivity contribution is 5.89. The Kier molecular flexibility index (Phi) is 4.00. The molecule has 0 saturated heterocycles. The molecule has 0 fully saturated rings. The molecule has 4 heteroatoms. The lowest BCUT2D eigenvalue weighted by Gasteiger charge is -2.11. The highest BCUT2D eigenvalue weighted by Gasteiger charge is 2.08. The molecule has 1 unspecified atom stereocenters. The van der Waals surface area contributed by atoms with Crippen molar-refractivity contribution in [2.75, 3.05) is 5.73 Å². The molecule has 100 valence electrons. The van der Waals surface area contributed by atoms with Gasteiger partial charge in [0.25, 0.3) is 0 Å². The van der Waals surface area contributed by atoms with Crippen LogP contribution in [0.4, 0.5) is 5.69 Å². The molecule has 3 N–H and O–H groups in total. The fourth-order valence-corrected chi connectivity index (χ4v) is 1.90. The third-order valence-corrected chi connectivity index (χ3v) is 3.17. The topological polar surface area (TPSA) is 68.0 Å². The van der Waals surface area contributed by atoms with Gasteiger partial charge in [-0.25, -0.2) is 0 Å². The summed E-state index contributed by atoms with van der Waals surface area (Å²) < 4.78 is 0. The Labute approximate surface area is 113 Å². The minimum absolute atomic E-state index is 0.00398. The van der Waals surface area contributed by atoms with Crippen LogP contribution in [-0.2, 0) is 11.2 Å². The number of carbonyl (C=O) groups is 1. The van der Waals surface area contributed by atoms with Crippen molar-refractivity contribution in [3.63, 3.8) is 0 Å². The lowest BCUT2D eigenvalue weighted by molar-refractivity contribution is -0.121. The number of nitrogens with two attached hydrogens (primary N) is 1. The second-order valence-corrected chi connectivity index (χ2v) is 4.78. The highest BCUT2D eigenvalue weighted by Crippen LogP contribution is 2.18. The molecule has 0 aliphatic heterocycles. The maximum atomic E-state index is 11.8. The average Bonchev–Trinajstić information content (AvgIpc) is 2.39. The molecular weight excluding hydrogens is 238 g/mol. The van der Waals surface area contributed by atoms with E-state index in [1.54, 1.807) is 0 Å². The SMILES string of the molecule is CCC(C)NC(=O)Cc1ccc2cccc(N)c2n1. The van der Waals surface area contributed by atoms with Gasteiger partial charge in [0.2, 0.25) is 5.91 Å². The number of pyridine rings is 1. The minimum atomic E-state index is -0.00398. The summed E-state index contributed by atoms with van der Waals surface area (Å²) in [5, 5.41) is 3.92. The van der Waals surface area contributed by atoms with Crippen LogP contribution in [0.5, 0.6) is 0 Å². The molecule has 4 nitrogen and oxygen atoms in total. The van der Waals surface area contributed by atoms with Crippen LogP contribution >= 0.6 is 0 Å². The first-order valence-corrected chi connectivity index (χ1v) is 6.53. The molecule has 0 radical (unpaired) electrons. The van der Waals surface area contributed by atoms with E-state index in [4.69, 9.17) is 5.73 Å². The molecular formula is C15H19N3O. The monoisotopic (exact) mass is 257 g/mol. The smallest absolute Gasteiger partial charge is 0.226 e. The van der Waals surface area contributed by atoms with Crippen molar-refractivity contribution in [2.24, 2.45) is 0 Å². The van der Waals surface area contributed by atoms with Crippen LogP contribution in [0.2, 0.25) is 0 Å². The molecule has 1 amide bonds. The summed E-state index contributed by atoms with van der Waals surface area (Å²) in [6.07, 6.45) is 1.21. The van der Waals surface area contributed by atoms with Crippen molar-refractivity contribution >= 4 is 22.5 Å². The van der Waals surface area contributed by atoms with E-state index in [1.165, 1.54) is 0 Å². The number of hydrogen-bond acceptors (Lipinski definition) is 3. The largest absolute Gasteiger partial charge is 0.397 e. The van der Waals surface area contributed by atoms with Crippen LogP contribution in [0, 0.1) is 0 Å². The Hall–Kier alpha value is -2.10. The van der Waals surface area contributed by atoms with Crippen LogP contribution in [0.15, 0.2) is 30.3 Å². The molecule has 1 atom stereocenters. The molecule has 0 spiro atoms. The number of benzene rings is 1. The molecule has 0 aliphatic carbocycles. The van der Waals surface area contributed by atoms with Crippen LogP contribution in [0.1, 0.15) is 26.0 Å². The summed E-state index contributed by atoms with van der Waals surface area (Å²) in [6, 6.07) is 9.69. The van der Waals surface area contributed by atoms with Gasteiger partial charge < -0.3 is 11.1 Å². The number of nitrogen functional groups attached to an aromatic ring is 1. The summed E-state index contributed by atoms with van der Waals surface area (Å²) in [4.78, 5) is 16.3. The summed E-state index contributed by atoms with van der Waals surface area (Å²) >= 11 is 0. The van der Waals surface area contributed by atoms with Gasteiger partial charge in [-0.2, -0.15) is 0 Å². The lowest BCUT2D eigenvalue weighted by atomic mass is 10.1. The van der Waals surface area contributed by atoms with Crippen molar-refractivity contribution in [2.45, 2.75) is 32.7 Å². The number of nitrogens with one attached hydrogen (secondary N) is 1. The second-order valence-electron chi connectivity index (χ2n) is 4.78. The van der Waals surface area contributed by atoms with Gasteiger partial charge in [-0.05, 0) is 25.5 Å². The van der Waals surface area contributed by atoms with E-state index in [1.807, 2.05) is 44.2 Å². The Morgan fingerprint density at radius 1 is 1.37 bits per heavy atom. The number of anilines is 1. The zero-order valence-corrected chi connectivity index (χ0v) is 11.3. The number of rotatable bonds is 4. The Morgan fingerprint density at radius 2 is 2.16 bits per heavy atom. The summed E-state index contributed by atoms with van der Waals surface area (Å²) in [6.45, 7) is 4.03. The number of amides is 1. The Bertz CT molecular complexity index is 595. The maximum Gasteiger partial charge on any atom is 0.226 e. The number of carbonyl (C=O) groups excluding carboxylic acids is 1. The quantitative estimate of drug-likeness (QED) is 0.826. The van der Waals surface area contributed by atoms with Gasteiger partial charge in [0.15, 0.2) is 0 Å². The van der Waals surface area contributed by atoms with E-state index >= 15 is 0 Å². The van der Waals surface area contributed by atoms with Crippen LogP contribution in [0.3, 0.4) is 0 Å². The van der Waals surface area contributed by atoms with Crippen molar-refractivity contribution in [1.29, 1.82) is 0 Å². The minimum Gasteiger partial charge on any atom is -0.397 e. The molecule has 0 aliphatic rings. The number of nitrogens with zero attached hydrogens (tertiary/aromatic N) is 1. The molecule has 1 aromatic carbocycles. The van der Waals surface area contributed by atoms with E-state index in [-0.39, 0.29) is 18.4 Å². The predicted octanol–water partition coefficient (Wildman–Crippen LogP) is 2.27. The molecule has 2 aromatic rings. The summed E-state index contributed by atoms with van der Waals surface area (Å²) in [5.74, 6) is -0.00398. The summed E-state index contributed by atoms with van der Waals surface area (Å²) in [7, 11) is 0. The first-order chi connectivity index (χ1) is 9.10. The third-order valence-electron chi connectivity index (χ3n) is 3.17. The predicted molar refractivity (Wildman–Crippen MR) is 77.8 cm³/mol. The van der Waals surface area contributed by atoms with Gasteiger partial charge in [-0.3, -0.25) is 9.78 Å². The van der Waals surface area contributed by atoms with Crippen LogP contribution < -0.4 is 11.1 Å². The van der Waals surface area contributed by atoms with Gasteiger partial charge in [0.05, 0.1) is 23.3 Å². The van der Waals surface area contributed by atoms with E-state index < -0.39 is 0 Å². The van der Waals surface area contributed by atoms with Crippen LogP contribution in [-0.4, -0.2) is 16.9 Å². The molecule has 1 heterocycles. The number of fused-ring (bicyclic) bond motifs is 1. The van der Waals surface area contributed by atoms with E-state index in [9.17, 15) is 4.79 Å². The Balaban J connectivity index is 2.17. The lowest BCUT2D eigenvalue weighted by Crippen LogP contribution is -2.33.